The number of methoxy groups -OCH3 is 1. The predicted octanol–water partition coefficient (Wildman–Crippen LogP) is 4.09. The van der Waals surface area contributed by atoms with Gasteiger partial charge in [0, 0.05) is 18.1 Å². The molecule has 1 fully saturated rings. The molecule has 3 rings (SSSR count). The van der Waals surface area contributed by atoms with E-state index in [9.17, 15) is 0 Å². The van der Waals surface area contributed by atoms with E-state index in [1.54, 1.807) is 7.11 Å². The van der Waals surface area contributed by atoms with E-state index in [4.69, 9.17) is 4.74 Å². The number of hydrogen-bond donors (Lipinski definition) is 1. The fraction of sp³-hybridized carbons (Fsp3) is 0.471. The summed E-state index contributed by atoms with van der Waals surface area (Å²) in [6.45, 7) is 3.38. The fourth-order valence-corrected chi connectivity index (χ4v) is 3.17. The maximum atomic E-state index is 5.32. The maximum absolute atomic E-state index is 5.32. The highest BCUT2D eigenvalue weighted by Gasteiger charge is 2.23. The van der Waals surface area contributed by atoms with Gasteiger partial charge in [0.1, 0.15) is 11.6 Å². The zero-order valence-electron chi connectivity index (χ0n) is 12.2. The van der Waals surface area contributed by atoms with Crippen LogP contribution in [0.25, 0.3) is 10.8 Å². The molecular formula is C17H22N2O. The molecule has 1 aliphatic carbocycles. The van der Waals surface area contributed by atoms with Crippen LogP contribution < -0.4 is 10.1 Å². The molecule has 3 nitrogen and oxygen atoms in total. The van der Waals surface area contributed by atoms with Gasteiger partial charge in [-0.2, -0.15) is 0 Å². The van der Waals surface area contributed by atoms with Gasteiger partial charge in [0.2, 0.25) is 0 Å². The Morgan fingerprint density at radius 2 is 2.20 bits per heavy atom. The molecule has 2 atom stereocenters. The summed E-state index contributed by atoms with van der Waals surface area (Å²) in [5, 5.41) is 5.88. The fourth-order valence-electron chi connectivity index (χ4n) is 3.17. The molecule has 1 heterocycles. The molecule has 1 aromatic heterocycles. The highest BCUT2D eigenvalue weighted by atomic mass is 16.5. The second-order valence-electron chi connectivity index (χ2n) is 5.80. The lowest BCUT2D eigenvalue weighted by Gasteiger charge is -2.17. The minimum absolute atomic E-state index is 0.776. The largest absolute Gasteiger partial charge is 0.497 e. The number of benzene rings is 1. The van der Waals surface area contributed by atoms with Gasteiger partial charge in [-0.25, -0.2) is 4.98 Å². The van der Waals surface area contributed by atoms with Crippen LogP contribution in [-0.2, 0) is 0 Å². The summed E-state index contributed by atoms with van der Waals surface area (Å²) in [7, 11) is 1.70. The number of fused-ring (bicyclic) bond motifs is 1. The van der Waals surface area contributed by atoms with Gasteiger partial charge in [0.15, 0.2) is 0 Å². The lowest BCUT2D eigenvalue weighted by Crippen LogP contribution is -2.17. The Labute approximate surface area is 120 Å². The lowest BCUT2D eigenvalue weighted by atomic mass is 9.98. The summed E-state index contributed by atoms with van der Waals surface area (Å²) in [6.07, 6.45) is 5.94. The van der Waals surface area contributed by atoms with Crippen LogP contribution in [0.4, 0.5) is 5.82 Å². The first-order valence-electron chi connectivity index (χ1n) is 7.44. The van der Waals surface area contributed by atoms with Gasteiger partial charge in [-0.15, -0.1) is 0 Å². The van der Waals surface area contributed by atoms with E-state index in [0.717, 1.165) is 35.3 Å². The van der Waals surface area contributed by atoms with Gasteiger partial charge in [0.25, 0.3) is 0 Å². The summed E-state index contributed by atoms with van der Waals surface area (Å²) in [4.78, 5) is 4.50. The maximum Gasteiger partial charge on any atom is 0.133 e. The zero-order chi connectivity index (χ0) is 13.9. The summed E-state index contributed by atoms with van der Waals surface area (Å²) in [6, 6.07) is 8.17. The average molecular weight is 270 g/mol. The zero-order valence-corrected chi connectivity index (χ0v) is 12.2. The van der Waals surface area contributed by atoms with Crippen molar-refractivity contribution < 1.29 is 4.74 Å². The Balaban J connectivity index is 1.83. The molecule has 1 N–H and O–H groups in total. The van der Waals surface area contributed by atoms with Crippen molar-refractivity contribution in [1.82, 2.24) is 4.98 Å². The number of aromatic nitrogens is 1. The highest BCUT2D eigenvalue weighted by Crippen LogP contribution is 2.32. The molecule has 106 valence electrons. The molecule has 0 spiro atoms. The van der Waals surface area contributed by atoms with E-state index >= 15 is 0 Å². The second-order valence-corrected chi connectivity index (χ2v) is 5.80. The van der Waals surface area contributed by atoms with E-state index in [1.807, 2.05) is 18.3 Å². The quantitative estimate of drug-likeness (QED) is 0.908. The van der Waals surface area contributed by atoms with Gasteiger partial charge >= 0.3 is 0 Å². The van der Waals surface area contributed by atoms with E-state index < -0.39 is 0 Å². The first-order valence-corrected chi connectivity index (χ1v) is 7.44. The Bertz CT molecular complexity index is 597. The van der Waals surface area contributed by atoms with Gasteiger partial charge in [-0.05, 0) is 41.8 Å². The third-order valence-electron chi connectivity index (χ3n) is 4.54. The number of nitrogens with zero attached hydrogens (tertiary/aromatic N) is 1. The monoisotopic (exact) mass is 270 g/mol. The normalized spacial score (nSPS) is 22.1. The molecule has 0 radical (unpaired) electrons. The van der Waals surface area contributed by atoms with E-state index in [-0.39, 0.29) is 0 Å². The average Bonchev–Trinajstić information content (AvgIpc) is 2.89. The van der Waals surface area contributed by atoms with Crippen LogP contribution in [0.15, 0.2) is 30.5 Å². The smallest absolute Gasteiger partial charge is 0.133 e. The molecule has 1 aromatic carbocycles. The predicted molar refractivity (Wildman–Crippen MR) is 83.3 cm³/mol. The van der Waals surface area contributed by atoms with Crippen molar-refractivity contribution in [3.05, 3.63) is 30.5 Å². The highest BCUT2D eigenvalue weighted by molar-refractivity contribution is 5.92. The van der Waals surface area contributed by atoms with Crippen LogP contribution in [0.1, 0.15) is 26.2 Å². The van der Waals surface area contributed by atoms with Gasteiger partial charge in [-0.1, -0.05) is 25.8 Å². The molecule has 20 heavy (non-hydrogen) atoms. The van der Waals surface area contributed by atoms with Crippen LogP contribution in [-0.4, -0.2) is 18.6 Å². The Morgan fingerprint density at radius 1 is 1.30 bits per heavy atom. The molecule has 1 saturated carbocycles. The molecular weight excluding hydrogens is 248 g/mol. The standard InChI is InChI=1S/C17H22N2O/c1-12-4-3-5-14(12)11-19-17-16-10-15(20-2)7-6-13(16)8-9-18-17/h6-10,12,14H,3-5,11H2,1-2H3,(H,18,19). The van der Waals surface area contributed by atoms with Crippen molar-refractivity contribution >= 4 is 16.6 Å². The molecule has 1 aliphatic rings. The Kier molecular flexibility index (Phi) is 3.77. The third-order valence-corrected chi connectivity index (χ3v) is 4.54. The van der Waals surface area contributed by atoms with Crippen molar-refractivity contribution in [2.24, 2.45) is 11.8 Å². The Hall–Kier alpha value is -1.77. The molecule has 0 bridgehead atoms. The number of nitrogens with one attached hydrogen (secondary N) is 1. The minimum atomic E-state index is 0.776. The number of pyridine rings is 1. The SMILES string of the molecule is COc1ccc2ccnc(NCC3CCCC3C)c2c1. The van der Waals surface area contributed by atoms with Crippen LogP contribution in [0.2, 0.25) is 0 Å². The molecule has 0 saturated heterocycles. The van der Waals surface area contributed by atoms with Crippen molar-refractivity contribution in [3.63, 3.8) is 0 Å². The number of ether oxygens (including phenoxy) is 1. The van der Waals surface area contributed by atoms with Crippen LogP contribution >= 0.6 is 0 Å². The van der Waals surface area contributed by atoms with Crippen molar-refractivity contribution in [1.29, 1.82) is 0 Å². The first kappa shape index (κ1) is 13.2. The molecule has 2 unspecified atom stereocenters. The first-order chi connectivity index (χ1) is 9.78. The van der Waals surface area contributed by atoms with Crippen LogP contribution in [0, 0.1) is 11.8 Å². The second kappa shape index (κ2) is 5.70. The van der Waals surface area contributed by atoms with E-state index in [2.05, 4.69) is 29.4 Å². The summed E-state index contributed by atoms with van der Waals surface area (Å²) in [5.41, 5.74) is 0. The number of rotatable bonds is 4. The van der Waals surface area contributed by atoms with Crippen LogP contribution in [0.3, 0.4) is 0 Å². The molecule has 2 aromatic rings. The lowest BCUT2D eigenvalue weighted by molar-refractivity contribution is 0.415. The van der Waals surface area contributed by atoms with Crippen LogP contribution in [0.5, 0.6) is 5.75 Å². The molecule has 3 heteroatoms. The van der Waals surface area contributed by atoms with Gasteiger partial charge in [-0.3, -0.25) is 0 Å². The van der Waals surface area contributed by atoms with E-state index in [0.29, 0.717) is 0 Å². The van der Waals surface area contributed by atoms with Crippen molar-refractivity contribution in [2.75, 3.05) is 19.0 Å². The van der Waals surface area contributed by atoms with Crippen molar-refractivity contribution in [3.8, 4) is 5.75 Å². The number of anilines is 1. The summed E-state index contributed by atoms with van der Waals surface area (Å²) >= 11 is 0. The van der Waals surface area contributed by atoms with E-state index in [1.165, 1.54) is 24.6 Å². The number of hydrogen-bond acceptors (Lipinski definition) is 3. The molecule has 0 amide bonds. The minimum Gasteiger partial charge on any atom is -0.497 e. The summed E-state index contributed by atoms with van der Waals surface area (Å²) < 4.78 is 5.32. The van der Waals surface area contributed by atoms with Gasteiger partial charge < -0.3 is 10.1 Å². The summed E-state index contributed by atoms with van der Waals surface area (Å²) in [5.74, 6) is 3.45. The topological polar surface area (TPSA) is 34.1 Å². The Morgan fingerprint density at radius 3 is 2.95 bits per heavy atom. The van der Waals surface area contributed by atoms with Gasteiger partial charge in [0.05, 0.1) is 7.11 Å². The third kappa shape index (κ3) is 2.58. The molecule has 0 aliphatic heterocycles. The van der Waals surface area contributed by atoms with Crippen molar-refractivity contribution in [2.45, 2.75) is 26.2 Å².